The van der Waals surface area contributed by atoms with Gasteiger partial charge in [-0.2, -0.15) is 0 Å². The molecular formula is C20H14ClN3OS. The van der Waals surface area contributed by atoms with Gasteiger partial charge in [0.05, 0.1) is 32.8 Å². The average molecular weight is 380 g/mol. The number of benzene rings is 2. The normalized spacial score (nSPS) is 10.8. The fourth-order valence-electron chi connectivity index (χ4n) is 2.64. The highest BCUT2D eigenvalue weighted by atomic mass is 35.5. The first-order valence-corrected chi connectivity index (χ1v) is 9.19. The molecule has 128 valence electrons. The number of carbonyl (C=O) groups excluding carboxylic acids is 1. The number of halogens is 1. The number of carbonyl (C=O) groups is 1. The zero-order valence-electron chi connectivity index (χ0n) is 13.9. The Morgan fingerprint density at radius 1 is 1.08 bits per heavy atom. The number of aryl methyl sites for hydroxylation is 1. The lowest BCUT2D eigenvalue weighted by Gasteiger charge is -2.09. The van der Waals surface area contributed by atoms with Gasteiger partial charge in [-0.3, -0.25) is 9.78 Å². The molecule has 0 saturated heterocycles. The van der Waals surface area contributed by atoms with Gasteiger partial charge in [0.15, 0.2) is 0 Å². The first-order chi connectivity index (χ1) is 12.6. The molecule has 0 atom stereocenters. The van der Waals surface area contributed by atoms with E-state index in [1.165, 1.54) is 11.3 Å². The highest BCUT2D eigenvalue weighted by molar-refractivity contribution is 7.14. The lowest BCUT2D eigenvalue weighted by Crippen LogP contribution is -2.10. The Labute approximate surface area is 159 Å². The Hall–Kier alpha value is -2.76. The molecule has 0 aliphatic rings. The number of para-hydroxylation sites is 2. The van der Waals surface area contributed by atoms with Crippen LogP contribution in [0.5, 0.6) is 0 Å². The molecule has 0 fully saturated rings. The van der Waals surface area contributed by atoms with Crippen molar-refractivity contribution in [2.45, 2.75) is 6.92 Å². The van der Waals surface area contributed by atoms with Crippen LogP contribution < -0.4 is 5.32 Å². The van der Waals surface area contributed by atoms with Gasteiger partial charge in [0.2, 0.25) is 0 Å². The van der Waals surface area contributed by atoms with E-state index in [9.17, 15) is 4.79 Å². The van der Waals surface area contributed by atoms with E-state index in [1.54, 1.807) is 18.3 Å². The van der Waals surface area contributed by atoms with Crippen LogP contribution in [0.4, 0.5) is 5.69 Å². The molecule has 2 aromatic heterocycles. The standard InChI is InChI=1S/C20H14ClN3OS/c1-12-6-9-19(26-12)20(25)23-13-7-8-15(21)14(10-13)18-11-22-16-4-2-3-5-17(16)24-18/h2-11H,1H3,(H,23,25). The molecule has 0 aliphatic carbocycles. The van der Waals surface area contributed by atoms with Crippen molar-refractivity contribution < 1.29 is 4.79 Å². The monoisotopic (exact) mass is 379 g/mol. The van der Waals surface area contributed by atoms with E-state index >= 15 is 0 Å². The van der Waals surface area contributed by atoms with Crippen LogP contribution in [0, 0.1) is 6.92 Å². The number of hydrogen-bond acceptors (Lipinski definition) is 4. The highest BCUT2D eigenvalue weighted by Gasteiger charge is 2.12. The zero-order chi connectivity index (χ0) is 18.1. The largest absolute Gasteiger partial charge is 0.321 e. The predicted octanol–water partition coefficient (Wildman–Crippen LogP) is 5.57. The number of nitrogens with one attached hydrogen (secondary N) is 1. The average Bonchev–Trinajstić information content (AvgIpc) is 3.09. The molecule has 0 radical (unpaired) electrons. The minimum atomic E-state index is -0.138. The molecule has 0 unspecified atom stereocenters. The van der Waals surface area contributed by atoms with Crippen LogP contribution in [0.2, 0.25) is 5.02 Å². The summed E-state index contributed by atoms with van der Waals surface area (Å²) in [5.74, 6) is -0.138. The second-order valence-electron chi connectivity index (χ2n) is 5.80. The third-order valence-corrected chi connectivity index (χ3v) is 5.24. The van der Waals surface area contributed by atoms with Gasteiger partial charge in [0.25, 0.3) is 5.91 Å². The molecule has 26 heavy (non-hydrogen) atoms. The van der Waals surface area contributed by atoms with Crippen LogP contribution in [-0.4, -0.2) is 15.9 Å². The Bertz CT molecular complexity index is 1120. The Morgan fingerprint density at radius 3 is 2.65 bits per heavy atom. The maximum Gasteiger partial charge on any atom is 0.265 e. The van der Waals surface area contributed by atoms with Crippen LogP contribution in [0.15, 0.2) is 60.8 Å². The number of thiophene rings is 1. The Morgan fingerprint density at radius 2 is 1.88 bits per heavy atom. The molecule has 4 rings (SSSR count). The number of rotatable bonds is 3. The highest BCUT2D eigenvalue weighted by Crippen LogP contribution is 2.30. The molecule has 1 N–H and O–H groups in total. The number of hydrogen-bond donors (Lipinski definition) is 1. The van der Waals surface area contributed by atoms with Gasteiger partial charge < -0.3 is 5.32 Å². The maximum atomic E-state index is 12.4. The van der Waals surface area contributed by atoms with Crippen molar-refractivity contribution in [3.05, 3.63) is 75.6 Å². The number of nitrogens with zero attached hydrogens (tertiary/aromatic N) is 2. The third-order valence-electron chi connectivity index (χ3n) is 3.91. The summed E-state index contributed by atoms with van der Waals surface area (Å²) in [5, 5.41) is 3.47. The summed E-state index contributed by atoms with van der Waals surface area (Å²) >= 11 is 7.82. The van der Waals surface area contributed by atoms with Gasteiger partial charge >= 0.3 is 0 Å². The predicted molar refractivity (Wildman–Crippen MR) is 107 cm³/mol. The maximum absolute atomic E-state index is 12.4. The molecular weight excluding hydrogens is 366 g/mol. The molecule has 0 bridgehead atoms. The Balaban J connectivity index is 1.68. The van der Waals surface area contributed by atoms with Crippen molar-refractivity contribution in [2.24, 2.45) is 0 Å². The molecule has 2 heterocycles. The van der Waals surface area contributed by atoms with E-state index in [-0.39, 0.29) is 5.91 Å². The summed E-state index contributed by atoms with van der Waals surface area (Å²) in [6.07, 6.45) is 1.69. The Kier molecular flexibility index (Phi) is 4.41. The molecule has 0 spiro atoms. The molecule has 6 heteroatoms. The fourth-order valence-corrected chi connectivity index (χ4v) is 3.61. The summed E-state index contributed by atoms with van der Waals surface area (Å²) in [5.41, 5.74) is 3.67. The lowest BCUT2D eigenvalue weighted by atomic mass is 10.1. The molecule has 0 aliphatic heterocycles. The summed E-state index contributed by atoms with van der Waals surface area (Å²) in [6, 6.07) is 16.8. The van der Waals surface area contributed by atoms with Gasteiger partial charge in [-0.1, -0.05) is 23.7 Å². The molecule has 1 amide bonds. The summed E-state index contributed by atoms with van der Waals surface area (Å²) in [4.78, 5) is 23.2. The summed E-state index contributed by atoms with van der Waals surface area (Å²) in [7, 11) is 0. The summed E-state index contributed by atoms with van der Waals surface area (Å²) < 4.78 is 0. The molecule has 4 nitrogen and oxygen atoms in total. The van der Waals surface area contributed by atoms with Crippen molar-refractivity contribution in [3.63, 3.8) is 0 Å². The van der Waals surface area contributed by atoms with E-state index in [1.807, 2.05) is 49.4 Å². The number of fused-ring (bicyclic) bond motifs is 1. The molecule has 4 aromatic rings. The third kappa shape index (κ3) is 3.31. The van der Waals surface area contributed by atoms with Crippen molar-refractivity contribution in [1.29, 1.82) is 0 Å². The second-order valence-corrected chi connectivity index (χ2v) is 7.50. The van der Waals surface area contributed by atoms with E-state index in [4.69, 9.17) is 11.6 Å². The first kappa shape index (κ1) is 16.7. The minimum absolute atomic E-state index is 0.138. The van der Waals surface area contributed by atoms with E-state index in [0.717, 1.165) is 21.5 Å². The van der Waals surface area contributed by atoms with Gasteiger partial charge in [0.1, 0.15) is 0 Å². The van der Waals surface area contributed by atoms with Crippen molar-refractivity contribution in [2.75, 3.05) is 5.32 Å². The van der Waals surface area contributed by atoms with E-state index in [2.05, 4.69) is 15.3 Å². The van der Waals surface area contributed by atoms with E-state index < -0.39 is 0 Å². The quantitative estimate of drug-likeness (QED) is 0.506. The minimum Gasteiger partial charge on any atom is -0.321 e. The SMILES string of the molecule is Cc1ccc(C(=O)Nc2ccc(Cl)c(-c3cnc4ccccc4n3)c2)s1. The number of aromatic nitrogens is 2. The van der Waals surface area contributed by atoms with Gasteiger partial charge in [0, 0.05) is 16.1 Å². The molecule has 0 saturated carbocycles. The number of amides is 1. The van der Waals surface area contributed by atoms with E-state index in [0.29, 0.717) is 21.3 Å². The molecule has 2 aromatic carbocycles. The lowest BCUT2D eigenvalue weighted by molar-refractivity contribution is 0.103. The van der Waals surface area contributed by atoms with Crippen LogP contribution in [0.3, 0.4) is 0 Å². The van der Waals surface area contributed by atoms with Crippen LogP contribution in [0.25, 0.3) is 22.3 Å². The van der Waals surface area contributed by atoms with Crippen LogP contribution in [-0.2, 0) is 0 Å². The topological polar surface area (TPSA) is 54.9 Å². The first-order valence-electron chi connectivity index (χ1n) is 8.00. The van der Waals surface area contributed by atoms with Gasteiger partial charge in [-0.15, -0.1) is 11.3 Å². The van der Waals surface area contributed by atoms with Crippen LogP contribution >= 0.6 is 22.9 Å². The smallest absolute Gasteiger partial charge is 0.265 e. The van der Waals surface area contributed by atoms with Gasteiger partial charge in [-0.05, 0) is 49.4 Å². The van der Waals surface area contributed by atoms with Crippen molar-refractivity contribution >= 4 is 45.6 Å². The van der Waals surface area contributed by atoms with Gasteiger partial charge in [-0.25, -0.2) is 4.98 Å². The second kappa shape index (κ2) is 6.86. The van der Waals surface area contributed by atoms with Crippen molar-refractivity contribution in [1.82, 2.24) is 9.97 Å². The zero-order valence-corrected chi connectivity index (χ0v) is 15.4. The van der Waals surface area contributed by atoms with Crippen LogP contribution in [0.1, 0.15) is 14.5 Å². The fraction of sp³-hybridized carbons (Fsp3) is 0.0500. The summed E-state index contributed by atoms with van der Waals surface area (Å²) in [6.45, 7) is 1.97. The van der Waals surface area contributed by atoms with Crippen molar-refractivity contribution in [3.8, 4) is 11.3 Å². The number of anilines is 1.